The van der Waals surface area contributed by atoms with Gasteiger partial charge in [0.25, 0.3) is 0 Å². The minimum atomic E-state index is -1.01. The van der Waals surface area contributed by atoms with Crippen molar-refractivity contribution in [3.05, 3.63) is 95.6 Å². The number of hydrogen-bond acceptors (Lipinski definition) is 4. The molecule has 0 fully saturated rings. The summed E-state index contributed by atoms with van der Waals surface area (Å²) in [5, 5.41) is 15.4. The van der Waals surface area contributed by atoms with Gasteiger partial charge in [-0.1, -0.05) is 42.5 Å². The van der Waals surface area contributed by atoms with Crippen LogP contribution in [0.1, 0.15) is 34.5 Å². The SMILES string of the molecule is COc1cccc(C(C)NCc2cc(-c3ccc(OC)c(C(=O)O)c3)c3ccccc3c2)c1.Cl. The topological polar surface area (TPSA) is 67.8 Å². The molecule has 0 aliphatic carbocycles. The molecule has 0 aromatic heterocycles. The van der Waals surface area contributed by atoms with E-state index in [0.29, 0.717) is 12.3 Å². The van der Waals surface area contributed by atoms with Crippen LogP contribution in [0.3, 0.4) is 0 Å². The number of aromatic carboxylic acids is 1. The van der Waals surface area contributed by atoms with Crippen LogP contribution < -0.4 is 14.8 Å². The van der Waals surface area contributed by atoms with E-state index in [4.69, 9.17) is 9.47 Å². The molecule has 1 unspecified atom stereocenters. The second-order valence-electron chi connectivity index (χ2n) is 7.96. The van der Waals surface area contributed by atoms with E-state index in [2.05, 4.69) is 42.6 Å². The molecule has 6 heteroatoms. The summed E-state index contributed by atoms with van der Waals surface area (Å²) in [5.41, 5.74) is 4.24. The second-order valence-corrected chi connectivity index (χ2v) is 7.96. The van der Waals surface area contributed by atoms with Crippen molar-refractivity contribution < 1.29 is 19.4 Å². The number of carbonyl (C=O) groups is 1. The lowest BCUT2D eigenvalue weighted by atomic mass is 9.94. The quantitative estimate of drug-likeness (QED) is 0.303. The highest BCUT2D eigenvalue weighted by molar-refractivity contribution is 5.99. The van der Waals surface area contributed by atoms with Gasteiger partial charge in [-0.3, -0.25) is 0 Å². The van der Waals surface area contributed by atoms with E-state index in [1.807, 2.05) is 36.4 Å². The first-order chi connectivity index (χ1) is 16.0. The molecule has 4 rings (SSSR count). The van der Waals surface area contributed by atoms with Crippen molar-refractivity contribution in [1.82, 2.24) is 5.32 Å². The van der Waals surface area contributed by atoms with Crippen molar-refractivity contribution in [2.45, 2.75) is 19.5 Å². The zero-order valence-electron chi connectivity index (χ0n) is 19.4. The van der Waals surface area contributed by atoms with Crippen LogP contribution in [0, 0.1) is 0 Å². The van der Waals surface area contributed by atoms with Crippen molar-refractivity contribution in [1.29, 1.82) is 0 Å². The highest BCUT2D eigenvalue weighted by Gasteiger charge is 2.15. The van der Waals surface area contributed by atoms with Crippen molar-refractivity contribution in [2.75, 3.05) is 14.2 Å². The van der Waals surface area contributed by atoms with Gasteiger partial charge in [-0.05, 0) is 76.3 Å². The molecule has 0 saturated heterocycles. The van der Waals surface area contributed by atoms with E-state index in [1.54, 1.807) is 19.2 Å². The smallest absolute Gasteiger partial charge is 0.339 e. The minimum absolute atomic E-state index is 0. The predicted octanol–water partition coefficient (Wildman–Crippen LogP) is 6.49. The van der Waals surface area contributed by atoms with Gasteiger partial charge in [-0.25, -0.2) is 4.79 Å². The third kappa shape index (κ3) is 5.33. The van der Waals surface area contributed by atoms with Crippen LogP contribution in [-0.2, 0) is 6.54 Å². The molecular formula is C28H28ClNO4. The fourth-order valence-corrected chi connectivity index (χ4v) is 4.06. The summed E-state index contributed by atoms with van der Waals surface area (Å²) in [5.74, 6) is 0.173. The molecule has 0 amide bonds. The summed E-state index contributed by atoms with van der Waals surface area (Å²) in [6.07, 6.45) is 0. The number of fused-ring (bicyclic) bond motifs is 1. The van der Waals surface area contributed by atoms with Gasteiger partial charge in [0.05, 0.1) is 14.2 Å². The Labute approximate surface area is 205 Å². The lowest BCUT2D eigenvalue weighted by molar-refractivity contribution is 0.0693. The number of hydrogen-bond donors (Lipinski definition) is 2. The Bertz CT molecular complexity index is 1300. The van der Waals surface area contributed by atoms with Gasteiger partial charge in [0.15, 0.2) is 0 Å². The monoisotopic (exact) mass is 477 g/mol. The maximum Gasteiger partial charge on any atom is 0.339 e. The third-order valence-electron chi connectivity index (χ3n) is 5.87. The summed E-state index contributed by atoms with van der Waals surface area (Å²) >= 11 is 0. The minimum Gasteiger partial charge on any atom is -0.497 e. The Hall–Kier alpha value is -3.54. The Morgan fingerprint density at radius 3 is 2.47 bits per heavy atom. The Morgan fingerprint density at radius 1 is 0.941 bits per heavy atom. The predicted molar refractivity (Wildman–Crippen MR) is 138 cm³/mol. The van der Waals surface area contributed by atoms with E-state index >= 15 is 0 Å². The molecule has 0 heterocycles. The lowest BCUT2D eigenvalue weighted by Crippen LogP contribution is -2.18. The highest BCUT2D eigenvalue weighted by Crippen LogP contribution is 2.33. The van der Waals surface area contributed by atoms with E-state index < -0.39 is 5.97 Å². The molecule has 0 bridgehead atoms. The van der Waals surface area contributed by atoms with Crippen LogP contribution in [0.25, 0.3) is 21.9 Å². The van der Waals surface area contributed by atoms with Gasteiger partial charge < -0.3 is 19.9 Å². The number of methoxy groups -OCH3 is 2. The molecular weight excluding hydrogens is 450 g/mol. The first-order valence-electron chi connectivity index (χ1n) is 10.8. The fourth-order valence-electron chi connectivity index (χ4n) is 4.06. The van der Waals surface area contributed by atoms with E-state index in [1.165, 1.54) is 7.11 Å². The van der Waals surface area contributed by atoms with Crippen LogP contribution >= 0.6 is 12.4 Å². The van der Waals surface area contributed by atoms with Crippen molar-refractivity contribution in [2.24, 2.45) is 0 Å². The molecule has 2 N–H and O–H groups in total. The van der Waals surface area contributed by atoms with Crippen molar-refractivity contribution >= 4 is 29.1 Å². The van der Waals surface area contributed by atoms with E-state index in [9.17, 15) is 9.90 Å². The third-order valence-corrected chi connectivity index (χ3v) is 5.87. The Morgan fingerprint density at radius 2 is 1.74 bits per heavy atom. The van der Waals surface area contributed by atoms with Crippen LogP contribution in [0.15, 0.2) is 78.9 Å². The van der Waals surface area contributed by atoms with E-state index in [0.717, 1.165) is 38.8 Å². The standard InChI is InChI=1S/C28H27NO4.ClH/c1-18(20-8-6-9-23(15-20)32-2)29-17-19-13-21-7-4-5-10-24(21)25(14-19)22-11-12-27(33-3)26(16-22)28(30)31;/h4-16,18,29H,17H2,1-3H3,(H,30,31);1H. The number of carboxylic acid groups (broad SMARTS) is 1. The summed E-state index contributed by atoms with van der Waals surface area (Å²) in [6, 6.07) is 25.9. The molecule has 0 radical (unpaired) electrons. The van der Waals surface area contributed by atoms with Crippen LogP contribution in [-0.4, -0.2) is 25.3 Å². The lowest BCUT2D eigenvalue weighted by Gasteiger charge is -2.17. The van der Waals surface area contributed by atoms with Gasteiger partial charge in [-0.15, -0.1) is 12.4 Å². The molecule has 0 saturated carbocycles. The van der Waals surface area contributed by atoms with Crippen LogP contribution in [0.5, 0.6) is 11.5 Å². The molecule has 0 aliphatic rings. The Kier molecular flexibility index (Phi) is 8.16. The molecule has 34 heavy (non-hydrogen) atoms. The number of carboxylic acids is 1. The van der Waals surface area contributed by atoms with Gasteiger partial charge in [0, 0.05) is 12.6 Å². The number of rotatable bonds is 8. The van der Waals surface area contributed by atoms with Crippen LogP contribution in [0.2, 0.25) is 0 Å². The Balaban J connectivity index is 0.00000324. The van der Waals surface area contributed by atoms with Gasteiger partial charge in [0.2, 0.25) is 0 Å². The average Bonchev–Trinajstić information content (AvgIpc) is 2.86. The zero-order valence-corrected chi connectivity index (χ0v) is 20.2. The highest BCUT2D eigenvalue weighted by atomic mass is 35.5. The van der Waals surface area contributed by atoms with E-state index in [-0.39, 0.29) is 24.0 Å². The van der Waals surface area contributed by atoms with Gasteiger partial charge >= 0.3 is 5.97 Å². The van der Waals surface area contributed by atoms with Gasteiger partial charge in [-0.2, -0.15) is 0 Å². The number of halogens is 1. The maximum absolute atomic E-state index is 11.8. The number of nitrogens with one attached hydrogen (secondary N) is 1. The first-order valence-corrected chi connectivity index (χ1v) is 10.8. The number of ether oxygens (including phenoxy) is 2. The summed E-state index contributed by atoms with van der Waals surface area (Å²) in [7, 11) is 3.15. The molecule has 1 atom stereocenters. The normalized spacial score (nSPS) is 11.5. The molecule has 176 valence electrons. The zero-order chi connectivity index (χ0) is 23.4. The fraction of sp³-hybridized carbons (Fsp3) is 0.179. The second kappa shape index (κ2) is 11.1. The first kappa shape index (κ1) is 25.1. The number of benzene rings is 4. The summed E-state index contributed by atoms with van der Waals surface area (Å²) < 4.78 is 10.6. The van der Waals surface area contributed by atoms with Crippen LogP contribution in [0.4, 0.5) is 0 Å². The van der Waals surface area contributed by atoms with Crippen molar-refractivity contribution in [3.63, 3.8) is 0 Å². The molecule has 4 aromatic carbocycles. The molecule has 4 aromatic rings. The average molecular weight is 478 g/mol. The summed E-state index contributed by atoms with van der Waals surface area (Å²) in [4.78, 5) is 11.8. The largest absolute Gasteiger partial charge is 0.497 e. The molecule has 0 aliphatic heterocycles. The maximum atomic E-state index is 11.8. The summed E-state index contributed by atoms with van der Waals surface area (Å²) in [6.45, 7) is 2.79. The molecule has 5 nitrogen and oxygen atoms in total. The molecule has 0 spiro atoms. The van der Waals surface area contributed by atoms with Crippen molar-refractivity contribution in [3.8, 4) is 22.6 Å². The van der Waals surface area contributed by atoms with Gasteiger partial charge in [0.1, 0.15) is 17.1 Å².